The summed E-state index contributed by atoms with van der Waals surface area (Å²) in [7, 11) is 5.84. The molecule has 22 atom stereocenters. The van der Waals surface area contributed by atoms with E-state index in [-0.39, 0.29) is 93.9 Å². The molecule has 26 heteroatoms. The molecule has 596 valence electrons. The average Bonchev–Trinajstić information content (AvgIpc) is 0.849. The molecule has 5 saturated heterocycles. The van der Waals surface area contributed by atoms with E-state index in [1.165, 1.54) is 39.8 Å². The fraction of sp³-hybridized carbons (Fsp3) is 0.704. The zero-order valence-electron chi connectivity index (χ0n) is 64.6. The minimum Gasteiger partial charge on any atom is -0.455 e. The number of ketones is 4. The smallest absolute Gasteiger partial charge is 0.329 e. The standard InChI is InChI=1S/C81H120N4O21S/c1-14-20-55-34-46(3)32-49(6)37-65(99-11)73-67(101-13)41-57(81(97,106-73)75(91)77(93)85-28-19-16-22-58(85)78(94)103-70(68(82)62(88)42-60(55)86)50(7)38-53-24-29-102-30-25-53)44-83-69-63(89)43-61(87)56(21-15-2)35-47(4)33-48(5)36-64(98-10)72-66(100-12)40-52(9)80(96,105-72)74(90)76(92)84-27-18-17-23-59(84)79(95)104-71(69)51(8)39-54-26-31-107-45-54/h14-15,26,31,34-35,38-39,45,47-49,52-53,55,57-59,62-73,83,88-89,96-97H,1-2,16-25,27-30,32-33,36-37,40-44,82H2,3-13H3/b46-34?,50-38?,51-39?,56-35+. The van der Waals surface area contributed by atoms with Gasteiger partial charge in [-0.2, -0.15) is 11.3 Å². The Morgan fingerprint density at radius 3 is 1.81 bits per heavy atom. The first-order valence-electron chi connectivity index (χ1n) is 38.5. The number of carbonyl (C=O) groups is 8. The fourth-order valence-electron chi connectivity index (χ4n) is 17.1. The molecule has 7 aliphatic rings. The molecule has 8 rings (SSSR count). The number of esters is 2. The van der Waals surface area contributed by atoms with Crippen LogP contribution in [0.3, 0.4) is 0 Å². The molecule has 25 nitrogen and oxygen atoms in total. The van der Waals surface area contributed by atoms with Gasteiger partial charge in [0.15, 0.2) is 5.78 Å². The van der Waals surface area contributed by atoms with Crippen LogP contribution in [0.4, 0.5) is 0 Å². The van der Waals surface area contributed by atoms with Gasteiger partial charge in [-0.15, -0.1) is 13.2 Å². The highest BCUT2D eigenvalue weighted by molar-refractivity contribution is 7.08. The molecule has 107 heavy (non-hydrogen) atoms. The Hall–Kier alpha value is -5.82. The van der Waals surface area contributed by atoms with Crippen molar-refractivity contribution in [2.75, 3.05) is 61.3 Å². The summed E-state index contributed by atoms with van der Waals surface area (Å²) in [4.78, 5) is 124. The lowest BCUT2D eigenvalue weighted by atomic mass is 9.80. The van der Waals surface area contributed by atoms with Crippen LogP contribution >= 0.6 is 11.3 Å². The number of amides is 2. The second-order valence-electron chi connectivity index (χ2n) is 31.3. The van der Waals surface area contributed by atoms with Gasteiger partial charge >= 0.3 is 11.9 Å². The summed E-state index contributed by atoms with van der Waals surface area (Å²) in [5.74, 6) is -17.7. The molecule has 0 spiro atoms. The number of ether oxygens (including phenoxy) is 9. The molecule has 8 heterocycles. The van der Waals surface area contributed by atoms with E-state index in [9.17, 15) is 34.8 Å². The van der Waals surface area contributed by atoms with Crippen molar-refractivity contribution in [1.29, 1.82) is 0 Å². The summed E-state index contributed by atoms with van der Waals surface area (Å²) in [6.45, 7) is 20.8. The quantitative estimate of drug-likeness (QED) is 0.0559. The Morgan fingerprint density at radius 2 is 1.24 bits per heavy atom. The number of aliphatic hydroxyl groups is 4. The number of carbonyl (C=O) groups excluding carboxylic acids is 8. The number of fused-ring (bicyclic) bond motifs is 6. The number of cyclic esters (lactones) is 2. The predicted octanol–water partition coefficient (Wildman–Crippen LogP) is 7.58. The van der Waals surface area contributed by atoms with Crippen LogP contribution < -0.4 is 11.1 Å². The molecular formula is C81H120N4O21S. The number of aliphatic hydroxyl groups excluding tert-OH is 2. The zero-order chi connectivity index (χ0) is 78.2. The third-order valence-electron chi connectivity index (χ3n) is 23.0. The van der Waals surface area contributed by atoms with Gasteiger partial charge in [0.05, 0.1) is 48.7 Å². The molecule has 22 unspecified atom stereocenters. The Morgan fingerprint density at radius 1 is 0.682 bits per heavy atom. The monoisotopic (exact) mass is 1520 g/mol. The number of methoxy groups -OCH3 is 4. The van der Waals surface area contributed by atoms with Gasteiger partial charge in [-0.25, -0.2) is 9.59 Å². The second kappa shape index (κ2) is 39.9. The zero-order valence-corrected chi connectivity index (χ0v) is 65.4. The van der Waals surface area contributed by atoms with E-state index < -0.39 is 169 Å². The van der Waals surface area contributed by atoms with E-state index in [0.717, 1.165) is 15.4 Å². The van der Waals surface area contributed by atoms with E-state index >= 15 is 24.0 Å². The highest BCUT2D eigenvalue weighted by Crippen LogP contribution is 2.42. The second-order valence-corrected chi connectivity index (χ2v) is 32.1. The number of nitrogens with two attached hydrogens (primary N) is 1. The van der Waals surface area contributed by atoms with Gasteiger partial charge in [0, 0.05) is 91.9 Å². The molecule has 0 radical (unpaired) electrons. The first-order chi connectivity index (χ1) is 50.9. The number of allylic oxidation sites excluding steroid dienone is 7. The number of thiophene rings is 1. The van der Waals surface area contributed by atoms with Gasteiger partial charge in [-0.1, -0.05) is 69.7 Å². The maximum absolute atomic E-state index is 16.0. The van der Waals surface area contributed by atoms with Crippen LogP contribution in [0.15, 0.2) is 82.7 Å². The van der Waals surface area contributed by atoms with Gasteiger partial charge in [0.2, 0.25) is 11.6 Å². The lowest BCUT2D eigenvalue weighted by molar-refractivity contribution is -0.304. The van der Waals surface area contributed by atoms with Crippen molar-refractivity contribution in [1.82, 2.24) is 15.1 Å². The van der Waals surface area contributed by atoms with Crippen LogP contribution in [-0.4, -0.2) is 235 Å². The lowest BCUT2D eigenvalue weighted by Crippen LogP contribution is -2.67. The number of nitrogens with zero attached hydrogens (tertiary/aromatic N) is 2. The maximum atomic E-state index is 16.0. The number of hydrogen-bond acceptors (Lipinski definition) is 24. The summed E-state index contributed by atoms with van der Waals surface area (Å²) in [6, 6.07) is -3.94. The average molecular weight is 1520 g/mol. The van der Waals surface area contributed by atoms with Crippen molar-refractivity contribution < 1.29 is 101 Å². The highest BCUT2D eigenvalue weighted by Gasteiger charge is 2.60. The molecular weight excluding hydrogens is 1400 g/mol. The molecule has 2 amide bonds. The van der Waals surface area contributed by atoms with Crippen LogP contribution in [0.25, 0.3) is 6.08 Å². The Balaban J connectivity index is 1.25. The normalized spacial score (nSPS) is 37.7. The SMILES string of the molecule is C=CC/C1=C\C(C)CC(C)CC(OC)C2OC(O)(C(=O)C(=O)N3CCCCC3C(=O)OC(C(C)=Cc3ccsc3)C(NCC3CC(OC)C4OC3(O)C(=O)C(=O)N3CCCCC3C(=O)OC(C(C)=CC3CCOCC3)C(N)C(O)CC(=O)C(CC=C)C=C(C)CC(C)CC4OC)C(O)CC1=O)C(C)CC2OC. The summed E-state index contributed by atoms with van der Waals surface area (Å²) < 4.78 is 56.2. The van der Waals surface area contributed by atoms with Crippen molar-refractivity contribution in [2.24, 2.45) is 47.2 Å². The largest absolute Gasteiger partial charge is 0.455 e. The van der Waals surface area contributed by atoms with Crippen molar-refractivity contribution >= 4 is 64.3 Å². The molecule has 4 bridgehead atoms. The van der Waals surface area contributed by atoms with Gasteiger partial charge in [-0.3, -0.25) is 28.8 Å². The third-order valence-corrected chi connectivity index (χ3v) is 23.7. The van der Waals surface area contributed by atoms with E-state index in [1.807, 2.05) is 62.7 Å². The van der Waals surface area contributed by atoms with E-state index in [4.69, 9.17) is 48.4 Å². The fourth-order valence-corrected chi connectivity index (χ4v) is 17.7. The Kier molecular flexibility index (Phi) is 32.3. The summed E-state index contributed by atoms with van der Waals surface area (Å²) in [5.41, 5.74) is 9.54. The number of rotatable bonds is 15. The molecule has 0 aliphatic carbocycles. The van der Waals surface area contributed by atoms with Crippen LogP contribution in [0.2, 0.25) is 0 Å². The lowest BCUT2D eigenvalue weighted by Gasteiger charge is -2.48. The molecule has 1 aromatic heterocycles. The third kappa shape index (κ3) is 21.4. The highest BCUT2D eigenvalue weighted by atomic mass is 32.1. The first-order valence-corrected chi connectivity index (χ1v) is 39.4. The summed E-state index contributed by atoms with van der Waals surface area (Å²) in [6.07, 6.45) is 2.25. The summed E-state index contributed by atoms with van der Waals surface area (Å²) >= 11 is 1.38. The summed E-state index contributed by atoms with van der Waals surface area (Å²) in [5, 5.41) is 58.4. The number of nitrogens with one attached hydrogen (secondary N) is 1. The van der Waals surface area contributed by atoms with E-state index in [1.54, 1.807) is 39.0 Å². The van der Waals surface area contributed by atoms with Gasteiger partial charge in [0.1, 0.15) is 42.3 Å². The van der Waals surface area contributed by atoms with E-state index in [0.29, 0.717) is 93.3 Å². The Bertz CT molecular complexity index is 3370. The van der Waals surface area contributed by atoms with Gasteiger partial charge in [0.25, 0.3) is 23.4 Å². The van der Waals surface area contributed by atoms with Crippen LogP contribution in [-0.2, 0) is 81.0 Å². The molecule has 1 aromatic rings. The van der Waals surface area contributed by atoms with Crippen molar-refractivity contribution in [2.45, 2.75) is 261 Å². The Labute approximate surface area is 635 Å². The molecule has 0 saturated carbocycles. The number of piperidine rings is 2. The van der Waals surface area contributed by atoms with Crippen LogP contribution in [0, 0.1) is 41.4 Å². The minimum atomic E-state index is -3.11. The van der Waals surface area contributed by atoms with Crippen molar-refractivity contribution in [3.8, 4) is 0 Å². The van der Waals surface area contributed by atoms with Gasteiger partial charge in [-0.05, 0) is 186 Å². The molecule has 7 N–H and O–H groups in total. The van der Waals surface area contributed by atoms with Gasteiger partial charge < -0.3 is 83.9 Å². The van der Waals surface area contributed by atoms with E-state index in [2.05, 4.69) is 18.5 Å². The minimum absolute atomic E-state index is 0.00340. The number of Topliss-reactive ketones (excluding diaryl/α,β-unsaturated/α-hetero) is 4. The first kappa shape index (κ1) is 86.8. The van der Waals surface area contributed by atoms with Crippen molar-refractivity contribution in [3.05, 3.63) is 88.2 Å². The number of hydrogen-bond donors (Lipinski definition) is 6. The topological polar surface area (TPSA) is 345 Å². The van der Waals surface area contributed by atoms with Crippen molar-refractivity contribution in [3.63, 3.8) is 0 Å². The molecule has 0 aromatic carbocycles. The van der Waals surface area contributed by atoms with Crippen LogP contribution in [0.1, 0.15) is 170 Å². The molecule has 5 fully saturated rings. The van der Waals surface area contributed by atoms with Crippen LogP contribution in [0.5, 0.6) is 0 Å². The maximum Gasteiger partial charge on any atom is 0.329 e. The predicted molar refractivity (Wildman–Crippen MR) is 400 cm³/mol. The molecule has 7 aliphatic heterocycles.